The number of anilines is 2. The lowest BCUT2D eigenvalue weighted by atomic mass is 10.2. The average Bonchev–Trinajstić information content (AvgIpc) is 2.46. The van der Waals surface area contributed by atoms with Crippen LogP contribution in [0.2, 0.25) is 0 Å². The second-order valence-corrected chi connectivity index (χ2v) is 3.89. The fourth-order valence-electron chi connectivity index (χ4n) is 1.64. The number of nitrogens with zero attached hydrogens (tertiary/aromatic N) is 2. The van der Waals surface area contributed by atoms with Crippen LogP contribution < -0.4 is 16.2 Å². The first-order valence-corrected chi connectivity index (χ1v) is 5.58. The van der Waals surface area contributed by atoms with E-state index in [-0.39, 0.29) is 11.4 Å². The number of halogens is 1. The summed E-state index contributed by atoms with van der Waals surface area (Å²) in [5.41, 5.74) is 3.36. The molecule has 0 fully saturated rings. The highest BCUT2D eigenvalue weighted by Crippen LogP contribution is 2.19. The van der Waals surface area contributed by atoms with Crippen molar-refractivity contribution in [1.29, 1.82) is 0 Å². The SMILES string of the molecule is CN(C(=O)c1cc(NN)ccn1)c1ccccc1F. The molecule has 3 N–H and O–H groups in total. The number of nitrogen functional groups attached to an aromatic ring is 1. The molecule has 6 heteroatoms. The van der Waals surface area contributed by atoms with E-state index in [0.29, 0.717) is 5.69 Å². The zero-order chi connectivity index (χ0) is 13.8. The molecule has 0 radical (unpaired) electrons. The van der Waals surface area contributed by atoms with Gasteiger partial charge in [0.15, 0.2) is 0 Å². The van der Waals surface area contributed by atoms with E-state index in [1.165, 1.54) is 36.3 Å². The van der Waals surface area contributed by atoms with Crippen molar-refractivity contribution in [3.05, 3.63) is 54.1 Å². The fraction of sp³-hybridized carbons (Fsp3) is 0.0769. The Hall–Kier alpha value is -2.47. The van der Waals surface area contributed by atoms with Crippen LogP contribution >= 0.6 is 0 Å². The molecule has 2 aromatic rings. The summed E-state index contributed by atoms with van der Waals surface area (Å²) in [6.45, 7) is 0. The van der Waals surface area contributed by atoms with Crippen LogP contribution in [0.25, 0.3) is 0 Å². The smallest absolute Gasteiger partial charge is 0.276 e. The Balaban J connectivity index is 2.31. The van der Waals surface area contributed by atoms with E-state index in [4.69, 9.17) is 5.84 Å². The Morgan fingerprint density at radius 2 is 2.11 bits per heavy atom. The monoisotopic (exact) mass is 260 g/mol. The van der Waals surface area contributed by atoms with Crippen LogP contribution in [0.1, 0.15) is 10.5 Å². The van der Waals surface area contributed by atoms with E-state index >= 15 is 0 Å². The predicted octanol–water partition coefficient (Wildman–Crippen LogP) is 1.78. The summed E-state index contributed by atoms with van der Waals surface area (Å²) in [5.74, 6) is 4.39. The van der Waals surface area contributed by atoms with Crippen LogP contribution in [0.5, 0.6) is 0 Å². The van der Waals surface area contributed by atoms with Gasteiger partial charge in [-0.15, -0.1) is 0 Å². The lowest BCUT2D eigenvalue weighted by Gasteiger charge is -2.17. The third-order valence-corrected chi connectivity index (χ3v) is 2.66. The van der Waals surface area contributed by atoms with Crippen LogP contribution in [0.15, 0.2) is 42.6 Å². The molecule has 2 rings (SSSR count). The maximum absolute atomic E-state index is 13.6. The van der Waals surface area contributed by atoms with Gasteiger partial charge in [-0.05, 0) is 24.3 Å². The summed E-state index contributed by atoms with van der Waals surface area (Å²) < 4.78 is 13.6. The van der Waals surface area contributed by atoms with Crippen molar-refractivity contribution in [2.24, 2.45) is 5.84 Å². The van der Waals surface area contributed by atoms with Crippen molar-refractivity contribution in [3.63, 3.8) is 0 Å². The van der Waals surface area contributed by atoms with Crippen LogP contribution in [-0.4, -0.2) is 17.9 Å². The molecular weight excluding hydrogens is 247 g/mol. The number of hydrazine groups is 1. The number of nitrogens with one attached hydrogen (secondary N) is 1. The van der Waals surface area contributed by atoms with Gasteiger partial charge in [-0.1, -0.05) is 12.1 Å². The molecule has 0 unspecified atom stereocenters. The minimum absolute atomic E-state index is 0.182. The molecule has 0 spiro atoms. The van der Waals surface area contributed by atoms with E-state index in [9.17, 15) is 9.18 Å². The van der Waals surface area contributed by atoms with Crippen molar-refractivity contribution in [1.82, 2.24) is 4.98 Å². The molecule has 1 aromatic heterocycles. The van der Waals surface area contributed by atoms with E-state index in [0.717, 1.165) is 0 Å². The van der Waals surface area contributed by atoms with Gasteiger partial charge in [0.1, 0.15) is 11.5 Å². The van der Waals surface area contributed by atoms with Gasteiger partial charge in [0, 0.05) is 13.2 Å². The first-order chi connectivity index (χ1) is 9.13. The van der Waals surface area contributed by atoms with Crippen molar-refractivity contribution >= 4 is 17.3 Å². The summed E-state index contributed by atoms with van der Waals surface area (Å²) in [7, 11) is 1.49. The number of carbonyl (C=O) groups excluding carboxylic acids is 1. The van der Waals surface area contributed by atoms with Gasteiger partial charge in [0.25, 0.3) is 5.91 Å². The second-order valence-electron chi connectivity index (χ2n) is 3.89. The van der Waals surface area contributed by atoms with Gasteiger partial charge in [-0.3, -0.25) is 15.6 Å². The molecule has 1 amide bonds. The van der Waals surface area contributed by atoms with E-state index in [1.807, 2.05) is 0 Å². The minimum atomic E-state index is -0.466. The zero-order valence-electron chi connectivity index (χ0n) is 10.3. The van der Waals surface area contributed by atoms with Crippen LogP contribution in [-0.2, 0) is 0 Å². The molecule has 0 saturated carbocycles. The Bertz CT molecular complexity index is 603. The fourth-order valence-corrected chi connectivity index (χ4v) is 1.64. The molecule has 5 nitrogen and oxygen atoms in total. The molecular formula is C13H13FN4O. The lowest BCUT2D eigenvalue weighted by molar-refractivity contribution is 0.0987. The number of nitrogens with two attached hydrogens (primary N) is 1. The molecule has 0 aliphatic rings. The van der Waals surface area contributed by atoms with Crippen molar-refractivity contribution in [2.75, 3.05) is 17.4 Å². The normalized spacial score (nSPS) is 10.1. The molecule has 0 atom stereocenters. The van der Waals surface area contributed by atoms with Crippen LogP contribution in [0, 0.1) is 5.82 Å². The minimum Gasteiger partial charge on any atom is -0.324 e. The second kappa shape index (κ2) is 5.45. The van der Waals surface area contributed by atoms with Gasteiger partial charge >= 0.3 is 0 Å². The Kier molecular flexibility index (Phi) is 3.72. The van der Waals surface area contributed by atoms with Crippen LogP contribution in [0.3, 0.4) is 0 Å². The molecule has 0 bridgehead atoms. The highest BCUT2D eigenvalue weighted by Gasteiger charge is 2.17. The molecule has 0 saturated heterocycles. The van der Waals surface area contributed by atoms with E-state index in [2.05, 4.69) is 10.4 Å². The highest BCUT2D eigenvalue weighted by atomic mass is 19.1. The number of hydrogen-bond donors (Lipinski definition) is 2. The summed E-state index contributed by atoms with van der Waals surface area (Å²) in [6, 6.07) is 9.17. The summed E-state index contributed by atoms with van der Waals surface area (Å²) >= 11 is 0. The number of amides is 1. The zero-order valence-corrected chi connectivity index (χ0v) is 10.3. The summed E-state index contributed by atoms with van der Waals surface area (Å²) in [6.07, 6.45) is 1.46. The predicted molar refractivity (Wildman–Crippen MR) is 71.2 cm³/mol. The summed E-state index contributed by atoms with van der Waals surface area (Å²) in [5, 5.41) is 0. The number of para-hydroxylation sites is 1. The van der Waals surface area contributed by atoms with Gasteiger partial charge < -0.3 is 10.3 Å². The third-order valence-electron chi connectivity index (χ3n) is 2.66. The van der Waals surface area contributed by atoms with E-state index in [1.54, 1.807) is 18.2 Å². The maximum atomic E-state index is 13.6. The first-order valence-electron chi connectivity index (χ1n) is 5.58. The molecule has 0 aliphatic carbocycles. The molecule has 1 aromatic carbocycles. The maximum Gasteiger partial charge on any atom is 0.276 e. The Morgan fingerprint density at radius 3 is 2.79 bits per heavy atom. The van der Waals surface area contributed by atoms with Gasteiger partial charge in [0.05, 0.1) is 11.4 Å². The topological polar surface area (TPSA) is 71.2 Å². The number of hydrogen-bond acceptors (Lipinski definition) is 4. The van der Waals surface area contributed by atoms with Crippen LogP contribution in [0.4, 0.5) is 15.8 Å². The number of pyridine rings is 1. The van der Waals surface area contributed by atoms with Gasteiger partial charge in [-0.25, -0.2) is 4.39 Å². The molecule has 19 heavy (non-hydrogen) atoms. The van der Waals surface area contributed by atoms with Gasteiger partial charge in [-0.2, -0.15) is 0 Å². The largest absolute Gasteiger partial charge is 0.324 e. The Morgan fingerprint density at radius 1 is 1.37 bits per heavy atom. The standard InChI is InChI=1S/C13H13FN4O/c1-18(12-5-3-2-4-10(12)14)13(19)11-8-9(17-15)6-7-16-11/h2-8H,15H2,1H3,(H,16,17). The number of benzene rings is 1. The lowest BCUT2D eigenvalue weighted by Crippen LogP contribution is -2.28. The first kappa shape index (κ1) is 13.0. The van der Waals surface area contributed by atoms with Crippen molar-refractivity contribution < 1.29 is 9.18 Å². The molecule has 0 aliphatic heterocycles. The average molecular weight is 260 g/mol. The van der Waals surface area contributed by atoms with E-state index < -0.39 is 11.7 Å². The molecule has 98 valence electrons. The number of aromatic nitrogens is 1. The quantitative estimate of drug-likeness (QED) is 0.652. The Labute approximate surface area is 109 Å². The number of rotatable bonds is 3. The van der Waals surface area contributed by atoms with Crippen molar-refractivity contribution in [3.8, 4) is 0 Å². The third kappa shape index (κ3) is 2.69. The van der Waals surface area contributed by atoms with Gasteiger partial charge in [0.2, 0.25) is 0 Å². The number of carbonyl (C=O) groups is 1. The molecule has 1 heterocycles. The summed E-state index contributed by atoms with van der Waals surface area (Å²) in [4.78, 5) is 17.4. The van der Waals surface area contributed by atoms with Crippen molar-refractivity contribution in [2.45, 2.75) is 0 Å². The highest BCUT2D eigenvalue weighted by molar-refractivity contribution is 6.04.